The Morgan fingerprint density at radius 2 is 1.88 bits per heavy atom. The summed E-state index contributed by atoms with van der Waals surface area (Å²) in [6, 6.07) is 4.18. The molecule has 0 aliphatic heterocycles. The highest BCUT2D eigenvalue weighted by molar-refractivity contribution is 5.53. The van der Waals surface area contributed by atoms with Gasteiger partial charge in [-0.25, -0.2) is 0 Å². The van der Waals surface area contributed by atoms with Crippen molar-refractivity contribution in [1.29, 1.82) is 0 Å². The molecule has 1 N–H and O–H groups in total. The zero-order chi connectivity index (χ0) is 19.5. The Balaban J connectivity index is 2.45. The van der Waals surface area contributed by atoms with Gasteiger partial charge in [-0.05, 0) is 51.0 Å². The third-order valence-corrected chi connectivity index (χ3v) is 4.11. The lowest BCUT2D eigenvalue weighted by Crippen LogP contribution is -2.33. The number of halogens is 3. The van der Waals surface area contributed by atoms with Gasteiger partial charge >= 0.3 is 6.18 Å². The molecule has 3 nitrogen and oxygen atoms in total. The molecule has 0 spiro atoms. The van der Waals surface area contributed by atoms with E-state index in [0.717, 1.165) is 27.8 Å². The van der Waals surface area contributed by atoms with Crippen LogP contribution in [0.5, 0.6) is 0 Å². The molecule has 0 aliphatic carbocycles. The van der Waals surface area contributed by atoms with Gasteiger partial charge in [0.1, 0.15) is 0 Å². The minimum absolute atomic E-state index is 0.209. The third-order valence-electron chi connectivity index (χ3n) is 4.11. The SMILES string of the molecule is C=C(C)/C=c1/c(NCc2cccc(C(F)(F)F)c2C)nnc(C)/c1=C/C. The van der Waals surface area contributed by atoms with Gasteiger partial charge in [-0.15, -0.1) is 5.10 Å². The molecule has 0 atom stereocenters. The Kier molecular flexibility index (Phi) is 5.85. The average Bonchev–Trinajstić information content (AvgIpc) is 2.54. The smallest absolute Gasteiger partial charge is 0.364 e. The summed E-state index contributed by atoms with van der Waals surface area (Å²) in [6.07, 6.45) is -0.551. The van der Waals surface area contributed by atoms with Gasteiger partial charge in [-0.1, -0.05) is 30.4 Å². The highest BCUT2D eigenvalue weighted by atomic mass is 19.4. The number of hydrogen-bond donors (Lipinski definition) is 1. The van der Waals surface area contributed by atoms with Crippen LogP contribution < -0.4 is 15.8 Å². The van der Waals surface area contributed by atoms with Crippen molar-refractivity contribution in [3.8, 4) is 0 Å². The molecule has 0 unspecified atom stereocenters. The van der Waals surface area contributed by atoms with E-state index in [-0.39, 0.29) is 12.1 Å². The normalized spacial score (nSPS) is 13.2. The summed E-state index contributed by atoms with van der Waals surface area (Å²) in [7, 11) is 0. The molecular weight excluding hydrogens is 339 g/mol. The Hall–Kier alpha value is -2.63. The number of nitrogens with zero attached hydrogens (tertiary/aromatic N) is 2. The van der Waals surface area contributed by atoms with Gasteiger partial charge in [0, 0.05) is 17.0 Å². The number of alkyl halides is 3. The van der Waals surface area contributed by atoms with Crippen LogP contribution in [0.2, 0.25) is 0 Å². The fraction of sp³-hybridized carbons (Fsp3) is 0.300. The summed E-state index contributed by atoms with van der Waals surface area (Å²) in [5.41, 5.74) is 1.77. The van der Waals surface area contributed by atoms with Crippen LogP contribution in [0.15, 0.2) is 30.4 Å². The van der Waals surface area contributed by atoms with Crippen LogP contribution in [0, 0.1) is 13.8 Å². The first kappa shape index (κ1) is 19.7. The average molecular weight is 361 g/mol. The van der Waals surface area contributed by atoms with E-state index < -0.39 is 11.7 Å². The van der Waals surface area contributed by atoms with Crippen molar-refractivity contribution in [2.75, 3.05) is 5.32 Å². The van der Waals surface area contributed by atoms with Crippen molar-refractivity contribution in [2.45, 2.75) is 40.4 Å². The largest absolute Gasteiger partial charge is 0.416 e. The van der Waals surface area contributed by atoms with Gasteiger partial charge in [0.15, 0.2) is 5.82 Å². The van der Waals surface area contributed by atoms with Gasteiger partial charge in [-0.3, -0.25) is 0 Å². The van der Waals surface area contributed by atoms with Crippen molar-refractivity contribution >= 4 is 18.0 Å². The number of rotatable bonds is 4. The highest BCUT2D eigenvalue weighted by Gasteiger charge is 2.32. The second kappa shape index (κ2) is 7.72. The summed E-state index contributed by atoms with van der Waals surface area (Å²) >= 11 is 0. The fourth-order valence-corrected chi connectivity index (χ4v) is 2.80. The van der Waals surface area contributed by atoms with Gasteiger partial charge in [0.05, 0.1) is 11.3 Å². The van der Waals surface area contributed by atoms with Gasteiger partial charge in [-0.2, -0.15) is 18.3 Å². The zero-order valence-corrected chi connectivity index (χ0v) is 15.3. The molecule has 1 heterocycles. The lowest BCUT2D eigenvalue weighted by Gasteiger charge is -2.15. The number of aromatic nitrogens is 2. The molecule has 1 aromatic carbocycles. The van der Waals surface area contributed by atoms with Crippen molar-refractivity contribution in [3.05, 3.63) is 63.2 Å². The van der Waals surface area contributed by atoms with Crippen LogP contribution in [0.1, 0.15) is 36.2 Å². The Bertz CT molecular complexity index is 944. The first-order valence-electron chi connectivity index (χ1n) is 8.21. The molecule has 0 saturated heterocycles. The Morgan fingerprint density at radius 3 is 2.46 bits per heavy atom. The summed E-state index contributed by atoms with van der Waals surface area (Å²) in [5, 5.41) is 13.2. The number of aryl methyl sites for hydroxylation is 1. The predicted molar refractivity (Wildman–Crippen MR) is 98.9 cm³/mol. The minimum atomic E-state index is -4.37. The fourth-order valence-electron chi connectivity index (χ4n) is 2.80. The molecule has 0 fully saturated rings. The summed E-state index contributed by atoms with van der Waals surface area (Å²) in [6.45, 7) is 11.2. The molecule has 0 amide bonds. The summed E-state index contributed by atoms with van der Waals surface area (Å²) < 4.78 is 39.2. The second-order valence-corrected chi connectivity index (χ2v) is 6.18. The molecule has 6 heteroatoms. The van der Waals surface area contributed by atoms with E-state index in [1.54, 1.807) is 6.07 Å². The maximum atomic E-state index is 13.1. The lowest BCUT2D eigenvalue weighted by molar-refractivity contribution is -0.138. The number of benzene rings is 1. The van der Waals surface area contributed by atoms with Crippen LogP contribution >= 0.6 is 0 Å². The quantitative estimate of drug-likeness (QED) is 0.898. The van der Waals surface area contributed by atoms with E-state index in [1.165, 1.54) is 13.0 Å². The number of allylic oxidation sites excluding steroid dienone is 1. The van der Waals surface area contributed by atoms with E-state index in [0.29, 0.717) is 11.4 Å². The lowest BCUT2D eigenvalue weighted by atomic mass is 10.0. The monoisotopic (exact) mass is 361 g/mol. The molecule has 0 aliphatic rings. The molecule has 26 heavy (non-hydrogen) atoms. The molecular formula is C20H22F3N3. The number of nitrogens with one attached hydrogen (secondary N) is 1. The Morgan fingerprint density at radius 1 is 1.19 bits per heavy atom. The van der Waals surface area contributed by atoms with Crippen LogP contribution in [-0.4, -0.2) is 10.2 Å². The number of hydrogen-bond acceptors (Lipinski definition) is 3. The first-order chi connectivity index (χ1) is 12.1. The van der Waals surface area contributed by atoms with Crippen molar-refractivity contribution in [2.24, 2.45) is 0 Å². The molecule has 2 aromatic rings. The maximum absolute atomic E-state index is 13.1. The summed E-state index contributed by atoms with van der Waals surface area (Å²) in [4.78, 5) is 0. The highest BCUT2D eigenvalue weighted by Crippen LogP contribution is 2.32. The van der Waals surface area contributed by atoms with Crippen LogP contribution in [-0.2, 0) is 12.7 Å². The van der Waals surface area contributed by atoms with E-state index in [2.05, 4.69) is 22.1 Å². The topological polar surface area (TPSA) is 37.8 Å². The molecule has 1 aromatic heterocycles. The second-order valence-electron chi connectivity index (χ2n) is 6.18. The Labute approximate surface area is 151 Å². The predicted octanol–water partition coefficient (Wildman–Crippen LogP) is 3.88. The molecule has 0 radical (unpaired) electrons. The van der Waals surface area contributed by atoms with Crippen molar-refractivity contribution in [3.63, 3.8) is 0 Å². The first-order valence-corrected chi connectivity index (χ1v) is 8.21. The van der Waals surface area contributed by atoms with Gasteiger partial charge < -0.3 is 5.32 Å². The molecule has 138 valence electrons. The van der Waals surface area contributed by atoms with E-state index in [4.69, 9.17) is 0 Å². The van der Waals surface area contributed by atoms with Gasteiger partial charge in [0.25, 0.3) is 0 Å². The number of anilines is 1. The van der Waals surface area contributed by atoms with Crippen LogP contribution in [0.4, 0.5) is 19.0 Å². The van der Waals surface area contributed by atoms with E-state index >= 15 is 0 Å². The van der Waals surface area contributed by atoms with Crippen LogP contribution in [0.3, 0.4) is 0 Å². The van der Waals surface area contributed by atoms with Crippen molar-refractivity contribution < 1.29 is 13.2 Å². The van der Waals surface area contributed by atoms with E-state index in [1.807, 2.05) is 32.9 Å². The minimum Gasteiger partial charge on any atom is -0.364 e. The zero-order valence-electron chi connectivity index (χ0n) is 15.3. The van der Waals surface area contributed by atoms with E-state index in [9.17, 15) is 13.2 Å². The maximum Gasteiger partial charge on any atom is 0.416 e. The summed E-state index contributed by atoms with van der Waals surface area (Å²) in [5.74, 6) is 0.517. The molecule has 0 bridgehead atoms. The third kappa shape index (κ3) is 4.31. The van der Waals surface area contributed by atoms with Crippen molar-refractivity contribution in [1.82, 2.24) is 10.2 Å². The standard InChI is InChI=1S/C20H22F3N3/c1-6-16-14(5)25-26-19(17(16)10-12(2)3)24-11-15-8-7-9-18(13(15)4)20(21,22)23/h6-10H,2,11H2,1,3-5H3,(H,24,26)/b16-6-,17-10+. The molecule has 2 rings (SSSR count). The molecule has 0 saturated carbocycles. The van der Waals surface area contributed by atoms with Gasteiger partial charge in [0.2, 0.25) is 0 Å². The van der Waals surface area contributed by atoms with Crippen LogP contribution in [0.25, 0.3) is 12.2 Å².